The first-order valence-electron chi connectivity index (χ1n) is 5.08. The zero-order chi connectivity index (χ0) is 16.2. The van der Waals surface area contributed by atoms with Crippen LogP contribution < -0.4 is 69.7 Å². The average Bonchev–Trinajstić information content (AvgIpc) is 2.42. The van der Waals surface area contributed by atoms with Crippen molar-refractivity contribution in [3.05, 3.63) is 22.7 Å². The fourth-order valence-electron chi connectivity index (χ4n) is 1.22. The van der Waals surface area contributed by atoms with Crippen LogP contribution in [-0.4, -0.2) is 34.0 Å². The van der Waals surface area contributed by atoms with Crippen molar-refractivity contribution in [2.24, 2.45) is 0 Å². The summed E-state index contributed by atoms with van der Waals surface area (Å²) in [6, 6.07) is 3.82. The van der Waals surface area contributed by atoms with Crippen LogP contribution in [0.25, 0.3) is 0 Å². The molecule has 1 aromatic carbocycles. The van der Waals surface area contributed by atoms with Crippen LogP contribution in [0.1, 0.15) is 8.42 Å². The van der Waals surface area contributed by atoms with Crippen molar-refractivity contribution < 1.29 is 91.4 Å². The van der Waals surface area contributed by atoms with E-state index in [4.69, 9.17) is 27.1 Å². The van der Waals surface area contributed by atoms with Crippen molar-refractivity contribution in [1.29, 1.82) is 5.26 Å². The minimum absolute atomic E-state index is 0. The third kappa shape index (κ3) is 6.88. The summed E-state index contributed by atoms with van der Waals surface area (Å²) >= 11 is 5.81. The molecule has 0 aliphatic rings. The normalized spacial score (nSPS) is 8.52. The van der Waals surface area contributed by atoms with Crippen molar-refractivity contribution >= 4 is 46.7 Å². The Bertz CT molecular complexity index is 665. The second kappa shape index (κ2) is 10.6. The molecule has 12 heteroatoms. The van der Waals surface area contributed by atoms with Crippen LogP contribution in [0.5, 0.6) is 0 Å². The number of carboxylic acid groups (broad SMARTS) is 2. The van der Waals surface area contributed by atoms with Crippen LogP contribution in [0.3, 0.4) is 0 Å². The number of amides is 2. The Morgan fingerprint density at radius 1 is 1.00 bits per heavy atom. The number of aliphatic carboxylic acids is 2. The SMILES string of the molecule is N#Cc1cc(NC(=O)C(=O)O)c(Cl)c(NC(=O)C(=O)O)c1.[H-].[H-].[Na+].[Na+]. The molecular formula is C11H8ClN3Na2O6. The molecule has 4 N–H and O–H groups in total. The molecule has 0 atom stereocenters. The molecule has 0 heterocycles. The second-order valence-corrected chi connectivity index (χ2v) is 3.89. The summed E-state index contributed by atoms with van der Waals surface area (Å²) in [5.41, 5.74) is -0.603. The maximum absolute atomic E-state index is 11.1. The van der Waals surface area contributed by atoms with E-state index in [1.54, 1.807) is 6.07 Å². The number of halogens is 1. The summed E-state index contributed by atoms with van der Waals surface area (Å²) in [7, 11) is 0. The van der Waals surface area contributed by atoms with Gasteiger partial charge in [0.05, 0.1) is 28.0 Å². The molecule has 0 fully saturated rings. The van der Waals surface area contributed by atoms with E-state index in [0.29, 0.717) is 0 Å². The maximum Gasteiger partial charge on any atom is 1.00 e. The van der Waals surface area contributed by atoms with Gasteiger partial charge in [-0.05, 0) is 12.1 Å². The molecule has 112 valence electrons. The van der Waals surface area contributed by atoms with Crippen LogP contribution >= 0.6 is 11.6 Å². The standard InChI is InChI=1S/C11H6ClN3O6.2Na.2H/c12-7-5(14-8(16)10(18)19)1-4(3-13)2-6(7)15-9(17)11(20)21;;;;/h1-2H,(H,14,16)(H,15,17)(H,18,19)(H,20,21);;;;/q;2*+1;2*-1. The number of carboxylic acids is 2. The molecule has 1 aromatic rings. The first-order valence-corrected chi connectivity index (χ1v) is 5.46. The summed E-state index contributed by atoms with van der Waals surface area (Å²) in [6.07, 6.45) is 0. The Balaban J connectivity index is -0.000000551. The van der Waals surface area contributed by atoms with Gasteiger partial charge in [0.2, 0.25) is 0 Å². The number of nitrogens with one attached hydrogen (secondary N) is 2. The number of nitrogens with zero attached hydrogens (tertiary/aromatic N) is 1. The van der Waals surface area contributed by atoms with Crippen LogP contribution in [0.2, 0.25) is 5.02 Å². The number of anilines is 2. The van der Waals surface area contributed by atoms with Crippen molar-refractivity contribution in [2.75, 3.05) is 10.6 Å². The third-order valence-electron chi connectivity index (χ3n) is 2.09. The van der Waals surface area contributed by atoms with Crippen molar-refractivity contribution in [3.63, 3.8) is 0 Å². The van der Waals surface area contributed by atoms with Crippen molar-refractivity contribution in [2.45, 2.75) is 0 Å². The van der Waals surface area contributed by atoms with Crippen molar-refractivity contribution in [3.8, 4) is 6.07 Å². The van der Waals surface area contributed by atoms with E-state index in [2.05, 4.69) is 0 Å². The molecule has 0 bridgehead atoms. The van der Waals surface area contributed by atoms with E-state index in [1.165, 1.54) is 0 Å². The molecule has 0 aromatic heterocycles. The number of hydrogen-bond donors (Lipinski definition) is 4. The van der Waals surface area contributed by atoms with Gasteiger partial charge in [-0.3, -0.25) is 9.59 Å². The average molecular weight is 360 g/mol. The third-order valence-corrected chi connectivity index (χ3v) is 2.49. The molecule has 9 nitrogen and oxygen atoms in total. The molecule has 2 amide bonds. The van der Waals surface area contributed by atoms with Gasteiger partial charge < -0.3 is 23.7 Å². The Morgan fingerprint density at radius 3 is 1.61 bits per heavy atom. The number of hydrogen-bond acceptors (Lipinski definition) is 5. The Morgan fingerprint density at radius 2 is 1.35 bits per heavy atom. The Kier molecular flexibility index (Phi) is 11.1. The molecule has 0 aliphatic carbocycles. The molecule has 1 rings (SSSR count). The van der Waals surface area contributed by atoms with Crippen LogP contribution in [-0.2, 0) is 19.2 Å². The summed E-state index contributed by atoms with van der Waals surface area (Å²) in [5, 5.41) is 29.3. The molecule has 0 spiro atoms. The molecule has 0 unspecified atom stereocenters. The molecule has 23 heavy (non-hydrogen) atoms. The van der Waals surface area contributed by atoms with Gasteiger partial charge in [-0.15, -0.1) is 0 Å². The van der Waals surface area contributed by atoms with Gasteiger partial charge >= 0.3 is 82.9 Å². The van der Waals surface area contributed by atoms with E-state index < -0.39 is 23.8 Å². The number of carbonyl (C=O) groups is 4. The zero-order valence-corrected chi connectivity index (χ0v) is 16.8. The minimum atomic E-state index is -1.79. The largest absolute Gasteiger partial charge is 1.00 e. The zero-order valence-electron chi connectivity index (χ0n) is 14.0. The minimum Gasteiger partial charge on any atom is -1.00 e. The molecule has 0 aliphatic heterocycles. The first-order chi connectivity index (χ1) is 9.76. The van der Waals surface area contributed by atoms with E-state index in [-0.39, 0.29) is 83.9 Å². The fourth-order valence-corrected chi connectivity index (χ4v) is 1.43. The van der Waals surface area contributed by atoms with E-state index in [9.17, 15) is 19.2 Å². The van der Waals surface area contributed by atoms with Crippen LogP contribution in [0.4, 0.5) is 11.4 Å². The number of rotatable bonds is 2. The second-order valence-electron chi connectivity index (χ2n) is 3.52. The summed E-state index contributed by atoms with van der Waals surface area (Å²) in [4.78, 5) is 43.1. The molecule has 0 radical (unpaired) electrons. The Hall–Kier alpha value is -1.12. The maximum atomic E-state index is 11.1. The van der Waals surface area contributed by atoms with Gasteiger partial charge in [0.15, 0.2) is 0 Å². The quantitative estimate of drug-likeness (QED) is 0.303. The Labute approximate surface area is 181 Å². The number of benzene rings is 1. The first kappa shape index (κ1) is 24.1. The van der Waals surface area contributed by atoms with E-state index in [0.717, 1.165) is 12.1 Å². The van der Waals surface area contributed by atoms with E-state index >= 15 is 0 Å². The molecule has 0 saturated heterocycles. The topological polar surface area (TPSA) is 157 Å². The summed E-state index contributed by atoms with van der Waals surface area (Å²) in [6.45, 7) is 0. The van der Waals surface area contributed by atoms with Gasteiger partial charge in [-0.2, -0.15) is 5.26 Å². The smallest absolute Gasteiger partial charge is 1.00 e. The van der Waals surface area contributed by atoms with Gasteiger partial charge in [-0.25, -0.2) is 9.59 Å². The summed E-state index contributed by atoms with van der Waals surface area (Å²) < 4.78 is 0. The number of carbonyl (C=O) groups excluding carboxylic acids is 2. The van der Waals surface area contributed by atoms with Gasteiger partial charge in [-0.1, -0.05) is 11.6 Å². The number of nitriles is 1. The molecule has 0 saturated carbocycles. The van der Waals surface area contributed by atoms with E-state index in [1.807, 2.05) is 10.6 Å². The van der Waals surface area contributed by atoms with Gasteiger partial charge in [0.25, 0.3) is 0 Å². The molecular weight excluding hydrogens is 352 g/mol. The van der Waals surface area contributed by atoms with Crippen LogP contribution in [0.15, 0.2) is 12.1 Å². The van der Waals surface area contributed by atoms with Gasteiger partial charge in [0.1, 0.15) is 0 Å². The fraction of sp³-hybridized carbons (Fsp3) is 0. The predicted octanol–water partition coefficient (Wildman–Crippen LogP) is -5.51. The van der Waals surface area contributed by atoms with Crippen molar-refractivity contribution in [1.82, 2.24) is 0 Å². The predicted molar refractivity (Wildman–Crippen MR) is 70.9 cm³/mol. The summed E-state index contributed by atoms with van der Waals surface area (Å²) in [5.74, 6) is -6.40. The van der Waals surface area contributed by atoms with Gasteiger partial charge in [0, 0.05) is 0 Å². The van der Waals surface area contributed by atoms with Crippen LogP contribution in [0, 0.1) is 11.3 Å². The monoisotopic (exact) mass is 359 g/mol.